The van der Waals surface area contributed by atoms with E-state index < -0.39 is 0 Å². The van der Waals surface area contributed by atoms with E-state index in [-0.39, 0.29) is 6.61 Å². The molecule has 1 aromatic rings. The first kappa shape index (κ1) is 14.0. The smallest absolute Gasteiger partial charge is 0.129 e. The molecule has 1 N–H and O–H groups in total. The topological polar surface area (TPSA) is 36.4 Å². The van der Waals surface area contributed by atoms with E-state index in [4.69, 9.17) is 5.11 Å². The number of anilines is 1. The zero-order valence-electron chi connectivity index (χ0n) is 11.2. The highest BCUT2D eigenvalue weighted by Crippen LogP contribution is 2.19. The Morgan fingerprint density at radius 2 is 1.82 bits per heavy atom. The van der Waals surface area contributed by atoms with E-state index in [0.717, 1.165) is 24.6 Å². The lowest BCUT2D eigenvalue weighted by atomic mass is 10.1. The molecule has 0 unspecified atom stereocenters. The molecule has 1 fully saturated rings. The van der Waals surface area contributed by atoms with Crippen molar-refractivity contribution >= 4 is 5.82 Å². The van der Waals surface area contributed by atoms with Crippen molar-refractivity contribution in [2.75, 3.05) is 18.0 Å². The highest BCUT2D eigenvalue weighted by atomic mass is 16.3. The molecule has 0 aliphatic carbocycles. The summed E-state index contributed by atoms with van der Waals surface area (Å²) >= 11 is 0. The van der Waals surface area contributed by atoms with Crippen LogP contribution >= 0.6 is 0 Å². The van der Waals surface area contributed by atoms with Gasteiger partial charge in [0.05, 0.1) is 12.3 Å². The van der Waals surface area contributed by atoms with Gasteiger partial charge in [-0.1, -0.05) is 13.8 Å². The van der Waals surface area contributed by atoms with E-state index in [1.807, 2.05) is 26.8 Å². The molecule has 0 spiro atoms. The molecule has 2 rings (SSSR count). The Hall–Kier alpha value is -1.09. The number of aliphatic hydroxyl groups excluding tert-OH is 1. The fourth-order valence-electron chi connectivity index (χ4n) is 2.09. The fourth-order valence-corrected chi connectivity index (χ4v) is 2.09. The van der Waals surface area contributed by atoms with Crippen LogP contribution in [0.4, 0.5) is 5.82 Å². The van der Waals surface area contributed by atoms with Crippen LogP contribution in [0.1, 0.15) is 44.4 Å². The van der Waals surface area contributed by atoms with Crippen LogP contribution < -0.4 is 4.90 Å². The van der Waals surface area contributed by atoms with E-state index in [2.05, 4.69) is 16.0 Å². The second-order valence-electron chi connectivity index (χ2n) is 4.20. The molecule has 0 aromatic carbocycles. The van der Waals surface area contributed by atoms with Crippen LogP contribution in [-0.2, 0) is 6.61 Å². The van der Waals surface area contributed by atoms with E-state index in [1.54, 1.807) is 0 Å². The second-order valence-corrected chi connectivity index (χ2v) is 4.20. The molecular weight excluding hydrogens is 212 g/mol. The number of rotatable bonds is 2. The summed E-state index contributed by atoms with van der Waals surface area (Å²) in [5, 5.41) is 9.10. The summed E-state index contributed by atoms with van der Waals surface area (Å²) in [7, 11) is 0. The third-order valence-corrected chi connectivity index (χ3v) is 2.85. The molecule has 0 saturated carbocycles. The van der Waals surface area contributed by atoms with Gasteiger partial charge in [0.2, 0.25) is 0 Å². The number of aromatic nitrogens is 1. The summed E-state index contributed by atoms with van der Waals surface area (Å²) in [5.41, 5.74) is 1.95. The van der Waals surface area contributed by atoms with Gasteiger partial charge < -0.3 is 10.0 Å². The SMILES string of the molecule is CC.Cc1cc(CO)nc(N2CCCCC2)c1. The molecule has 3 nitrogen and oxygen atoms in total. The van der Waals surface area contributed by atoms with Gasteiger partial charge in [0.1, 0.15) is 5.82 Å². The van der Waals surface area contributed by atoms with Crippen LogP contribution in [0.25, 0.3) is 0 Å². The third-order valence-electron chi connectivity index (χ3n) is 2.85. The van der Waals surface area contributed by atoms with Crippen molar-refractivity contribution in [3.8, 4) is 0 Å². The second kappa shape index (κ2) is 7.28. The molecule has 0 bridgehead atoms. The molecule has 0 atom stereocenters. The highest BCUT2D eigenvalue weighted by Gasteiger charge is 2.12. The lowest BCUT2D eigenvalue weighted by molar-refractivity contribution is 0.277. The van der Waals surface area contributed by atoms with Gasteiger partial charge in [-0.15, -0.1) is 0 Å². The van der Waals surface area contributed by atoms with Crippen molar-refractivity contribution in [2.24, 2.45) is 0 Å². The molecule has 17 heavy (non-hydrogen) atoms. The van der Waals surface area contributed by atoms with Crippen LogP contribution in [0.3, 0.4) is 0 Å². The predicted molar refractivity (Wildman–Crippen MR) is 72.3 cm³/mol. The van der Waals surface area contributed by atoms with Gasteiger partial charge in [-0.05, 0) is 43.9 Å². The number of aryl methyl sites for hydroxylation is 1. The Balaban J connectivity index is 0.000000686. The Bertz CT molecular complexity index is 333. The molecule has 2 heterocycles. The Kier molecular flexibility index (Phi) is 5.98. The summed E-state index contributed by atoms with van der Waals surface area (Å²) < 4.78 is 0. The molecule has 1 aromatic heterocycles. The van der Waals surface area contributed by atoms with Gasteiger partial charge in [0, 0.05) is 13.1 Å². The summed E-state index contributed by atoms with van der Waals surface area (Å²) in [5.74, 6) is 1.03. The van der Waals surface area contributed by atoms with Gasteiger partial charge in [-0.25, -0.2) is 4.98 Å². The minimum atomic E-state index is 0.0303. The first-order valence-electron chi connectivity index (χ1n) is 6.63. The van der Waals surface area contributed by atoms with Gasteiger partial charge in [-0.2, -0.15) is 0 Å². The van der Waals surface area contributed by atoms with Gasteiger partial charge in [0.15, 0.2) is 0 Å². The predicted octanol–water partition coefficient (Wildman–Crippen LogP) is 2.90. The Labute approximate surface area is 104 Å². The quantitative estimate of drug-likeness (QED) is 0.857. The first-order chi connectivity index (χ1) is 8.29. The lowest BCUT2D eigenvalue weighted by Crippen LogP contribution is -2.30. The number of piperidine rings is 1. The number of pyridine rings is 1. The summed E-state index contributed by atoms with van der Waals surface area (Å²) in [6.07, 6.45) is 3.84. The van der Waals surface area contributed by atoms with Gasteiger partial charge in [-0.3, -0.25) is 0 Å². The highest BCUT2D eigenvalue weighted by molar-refractivity contribution is 5.42. The summed E-state index contributed by atoms with van der Waals surface area (Å²) in [6.45, 7) is 8.28. The molecule has 1 aliphatic heterocycles. The van der Waals surface area contributed by atoms with Crippen LogP contribution in [0.15, 0.2) is 12.1 Å². The van der Waals surface area contributed by atoms with Crippen LogP contribution in [0.5, 0.6) is 0 Å². The largest absolute Gasteiger partial charge is 0.390 e. The molecular formula is C14H24N2O. The minimum Gasteiger partial charge on any atom is -0.390 e. The molecule has 1 aliphatic rings. The van der Waals surface area contributed by atoms with Crippen molar-refractivity contribution in [1.29, 1.82) is 0 Å². The first-order valence-corrected chi connectivity index (χ1v) is 6.63. The maximum atomic E-state index is 9.10. The Morgan fingerprint density at radius 3 is 2.41 bits per heavy atom. The monoisotopic (exact) mass is 236 g/mol. The zero-order valence-corrected chi connectivity index (χ0v) is 11.2. The van der Waals surface area contributed by atoms with Gasteiger partial charge in [0.25, 0.3) is 0 Å². The number of nitrogens with zero attached hydrogens (tertiary/aromatic N) is 2. The van der Waals surface area contributed by atoms with E-state index in [1.165, 1.54) is 24.8 Å². The third kappa shape index (κ3) is 4.00. The zero-order chi connectivity index (χ0) is 12.7. The normalized spacial score (nSPS) is 15.2. The molecule has 0 radical (unpaired) electrons. The minimum absolute atomic E-state index is 0.0303. The van der Waals surface area contributed by atoms with E-state index >= 15 is 0 Å². The number of hydrogen-bond acceptors (Lipinski definition) is 3. The van der Waals surface area contributed by atoms with E-state index in [9.17, 15) is 0 Å². The van der Waals surface area contributed by atoms with Crippen LogP contribution in [-0.4, -0.2) is 23.2 Å². The average Bonchev–Trinajstić information content (AvgIpc) is 2.41. The van der Waals surface area contributed by atoms with Crippen LogP contribution in [0.2, 0.25) is 0 Å². The number of aliphatic hydroxyl groups is 1. The van der Waals surface area contributed by atoms with Crippen molar-refractivity contribution < 1.29 is 5.11 Å². The maximum Gasteiger partial charge on any atom is 0.129 e. The van der Waals surface area contributed by atoms with Crippen molar-refractivity contribution in [2.45, 2.75) is 46.6 Å². The average molecular weight is 236 g/mol. The fraction of sp³-hybridized carbons (Fsp3) is 0.643. The molecule has 1 saturated heterocycles. The van der Waals surface area contributed by atoms with Crippen molar-refractivity contribution in [1.82, 2.24) is 4.98 Å². The van der Waals surface area contributed by atoms with Crippen molar-refractivity contribution in [3.63, 3.8) is 0 Å². The standard InChI is InChI=1S/C12H18N2O.C2H6/c1-10-7-11(9-15)13-12(8-10)14-5-3-2-4-6-14;1-2/h7-8,15H,2-6,9H2,1H3;1-2H3. The molecule has 3 heteroatoms. The number of hydrogen-bond donors (Lipinski definition) is 1. The van der Waals surface area contributed by atoms with E-state index in [0.29, 0.717) is 0 Å². The molecule has 0 amide bonds. The summed E-state index contributed by atoms with van der Waals surface area (Å²) in [4.78, 5) is 6.77. The van der Waals surface area contributed by atoms with Crippen molar-refractivity contribution in [3.05, 3.63) is 23.4 Å². The Morgan fingerprint density at radius 1 is 1.18 bits per heavy atom. The van der Waals surface area contributed by atoms with Gasteiger partial charge >= 0.3 is 0 Å². The summed E-state index contributed by atoms with van der Waals surface area (Å²) in [6, 6.07) is 4.04. The van der Waals surface area contributed by atoms with Crippen LogP contribution in [0, 0.1) is 6.92 Å². The maximum absolute atomic E-state index is 9.10. The lowest BCUT2D eigenvalue weighted by Gasteiger charge is -2.28. The molecule has 96 valence electrons.